The number of amides is 1. The average Bonchev–Trinajstić information content (AvgIpc) is 2.78. The van der Waals surface area contributed by atoms with E-state index in [0.717, 1.165) is 17.8 Å². The Morgan fingerprint density at radius 2 is 2.35 bits per heavy atom. The maximum absolute atomic E-state index is 12.9. The minimum atomic E-state index is -0.466. The predicted molar refractivity (Wildman–Crippen MR) is 76.2 cm³/mol. The lowest BCUT2D eigenvalue weighted by atomic mass is 10.3. The minimum Gasteiger partial charge on any atom is -0.368 e. The Balaban J connectivity index is 2.00. The number of anilines is 2. The van der Waals surface area contributed by atoms with E-state index < -0.39 is 11.1 Å². The van der Waals surface area contributed by atoms with E-state index in [1.165, 1.54) is 12.1 Å². The van der Waals surface area contributed by atoms with Crippen LogP contribution in [-0.4, -0.2) is 26.3 Å². The Hall–Kier alpha value is -1.80. The van der Waals surface area contributed by atoms with Crippen LogP contribution >= 0.6 is 23.4 Å². The second kappa shape index (κ2) is 6.10. The van der Waals surface area contributed by atoms with E-state index in [1.807, 2.05) is 0 Å². The number of rotatable bonds is 4. The average molecular weight is 316 g/mol. The fourth-order valence-electron chi connectivity index (χ4n) is 1.35. The molecule has 0 bridgehead atoms. The zero-order chi connectivity index (χ0) is 14.7. The van der Waals surface area contributed by atoms with Crippen molar-refractivity contribution in [2.24, 2.45) is 0 Å². The van der Waals surface area contributed by atoms with Gasteiger partial charge in [0.05, 0.1) is 16.0 Å². The molecular formula is C11H11ClFN5OS. The molecule has 4 N–H and O–H groups in total. The van der Waals surface area contributed by atoms with Crippen LogP contribution in [0.15, 0.2) is 23.4 Å². The first kappa shape index (κ1) is 14.6. The summed E-state index contributed by atoms with van der Waals surface area (Å²) < 4.78 is 12.9. The van der Waals surface area contributed by atoms with Crippen LogP contribution in [0.1, 0.15) is 6.92 Å². The molecule has 1 aromatic heterocycles. The Kier molecular flexibility index (Phi) is 4.46. The number of nitrogens with zero attached hydrogens (tertiary/aromatic N) is 2. The number of aromatic amines is 1. The zero-order valence-electron chi connectivity index (χ0n) is 10.4. The van der Waals surface area contributed by atoms with Gasteiger partial charge in [0.15, 0.2) is 0 Å². The van der Waals surface area contributed by atoms with Gasteiger partial charge in [-0.15, -0.1) is 5.10 Å². The summed E-state index contributed by atoms with van der Waals surface area (Å²) in [6.45, 7) is 1.68. The summed E-state index contributed by atoms with van der Waals surface area (Å²) >= 11 is 6.97. The highest BCUT2D eigenvalue weighted by Gasteiger charge is 2.18. The van der Waals surface area contributed by atoms with Gasteiger partial charge in [0.25, 0.3) is 0 Å². The van der Waals surface area contributed by atoms with Crippen LogP contribution < -0.4 is 11.1 Å². The second-order valence-electron chi connectivity index (χ2n) is 3.88. The monoisotopic (exact) mass is 315 g/mol. The van der Waals surface area contributed by atoms with Crippen LogP contribution in [0, 0.1) is 5.82 Å². The van der Waals surface area contributed by atoms with Gasteiger partial charge in [-0.25, -0.2) is 9.49 Å². The minimum absolute atomic E-state index is 0.137. The quantitative estimate of drug-likeness (QED) is 0.752. The van der Waals surface area contributed by atoms with Crippen LogP contribution in [-0.2, 0) is 4.79 Å². The molecule has 6 nitrogen and oxygen atoms in total. The number of carbonyl (C=O) groups is 1. The Morgan fingerprint density at radius 1 is 1.60 bits per heavy atom. The lowest BCUT2D eigenvalue weighted by molar-refractivity contribution is -0.115. The first-order valence-corrected chi connectivity index (χ1v) is 6.82. The molecule has 0 unspecified atom stereocenters. The number of hydrogen-bond acceptors (Lipinski definition) is 5. The molecule has 0 saturated heterocycles. The van der Waals surface area contributed by atoms with Crippen molar-refractivity contribution in [3.8, 4) is 0 Å². The number of carbonyl (C=O) groups excluding carboxylic acids is 1. The van der Waals surface area contributed by atoms with Crippen LogP contribution in [0.25, 0.3) is 0 Å². The standard InChI is InChI=1S/C11H11ClFN5OS/c1-5(20-11-16-10(14)17-18-11)9(19)15-8-3-2-6(13)4-7(8)12/h2-5H,1H3,(H,15,19)(H3,14,16,17,18)/t5-/m1/s1. The molecule has 1 amide bonds. The number of halogens is 2. The van der Waals surface area contributed by atoms with Crippen molar-refractivity contribution >= 4 is 40.9 Å². The summed E-state index contributed by atoms with van der Waals surface area (Å²) in [7, 11) is 0. The van der Waals surface area contributed by atoms with E-state index in [2.05, 4.69) is 20.5 Å². The van der Waals surface area contributed by atoms with Gasteiger partial charge < -0.3 is 11.1 Å². The molecule has 0 aliphatic rings. The Labute approximate surface area is 123 Å². The molecule has 0 radical (unpaired) electrons. The van der Waals surface area contributed by atoms with Gasteiger partial charge in [-0.05, 0) is 25.1 Å². The van der Waals surface area contributed by atoms with Crippen LogP contribution in [0.2, 0.25) is 5.02 Å². The van der Waals surface area contributed by atoms with E-state index in [1.54, 1.807) is 6.92 Å². The normalized spacial score (nSPS) is 12.2. The third kappa shape index (κ3) is 3.61. The van der Waals surface area contributed by atoms with E-state index in [9.17, 15) is 9.18 Å². The first-order valence-electron chi connectivity index (χ1n) is 5.56. The molecule has 0 aliphatic carbocycles. The molecule has 106 valence electrons. The smallest absolute Gasteiger partial charge is 0.237 e. The summed E-state index contributed by atoms with van der Waals surface area (Å²) in [5, 5.41) is 8.95. The highest BCUT2D eigenvalue weighted by molar-refractivity contribution is 8.00. The summed E-state index contributed by atoms with van der Waals surface area (Å²) in [5.74, 6) is -0.583. The molecular weight excluding hydrogens is 305 g/mol. The van der Waals surface area contributed by atoms with E-state index >= 15 is 0 Å². The van der Waals surface area contributed by atoms with Crippen LogP contribution in [0.3, 0.4) is 0 Å². The fourth-order valence-corrected chi connectivity index (χ4v) is 2.29. The number of H-pyrrole nitrogens is 1. The Morgan fingerprint density at radius 3 is 2.95 bits per heavy atom. The molecule has 0 aliphatic heterocycles. The van der Waals surface area contributed by atoms with Crippen molar-refractivity contribution in [2.45, 2.75) is 17.3 Å². The number of aromatic nitrogens is 3. The van der Waals surface area contributed by atoms with Crippen molar-refractivity contribution < 1.29 is 9.18 Å². The van der Waals surface area contributed by atoms with Crippen LogP contribution in [0.4, 0.5) is 16.0 Å². The number of nitrogens with two attached hydrogens (primary N) is 1. The van der Waals surface area contributed by atoms with E-state index in [0.29, 0.717) is 10.8 Å². The van der Waals surface area contributed by atoms with Gasteiger partial charge in [0, 0.05) is 0 Å². The van der Waals surface area contributed by atoms with Gasteiger partial charge in [0.1, 0.15) is 5.82 Å². The maximum atomic E-state index is 12.9. The number of thioether (sulfide) groups is 1. The number of benzene rings is 1. The van der Waals surface area contributed by atoms with Gasteiger partial charge in [-0.1, -0.05) is 23.4 Å². The molecule has 2 rings (SSSR count). The first-order chi connectivity index (χ1) is 9.45. The highest BCUT2D eigenvalue weighted by atomic mass is 35.5. The summed E-state index contributed by atoms with van der Waals surface area (Å²) in [6, 6.07) is 3.75. The van der Waals surface area contributed by atoms with Gasteiger partial charge in [-0.3, -0.25) is 4.79 Å². The van der Waals surface area contributed by atoms with Crippen molar-refractivity contribution in [3.63, 3.8) is 0 Å². The largest absolute Gasteiger partial charge is 0.368 e. The lowest BCUT2D eigenvalue weighted by Gasteiger charge is -2.11. The molecule has 1 aromatic carbocycles. The number of nitrogens with one attached hydrogen (secondary N) is 2. The van der Waals surface area contributed by atoms with Crippen LogP contribution in [0.5, 0.6) is 0 Å². The zero-order valence-corrected chi connectivity index (χ0v) is 11.9. The number of nitrogen functional groups attached to an aromatic ring is 1. The van der Waals surface area contributed by atoms with Crippen molar-refractivity contribution in [1.29, 1.82) is 0 Å². The molecule has 0 saturated carbocycles. The highest BCUT2D eigenvalue weighted by Crippen LogP contribution is 2.25. The van der Waals surface area contributed by atoms with E-state index in [-0.39, 0.29) is 16.9 Å². The summed E-state index contributed by atoms with van der Waals surface area (Å²) in [6.07, 6.45) is 0. The van der Waals surface area contributed by atoms with Crippen molar-refractivity contribution in [2.75, 3.05) is 11.1 Å². The third-order valence-corrected chi connectivity index (χ3v) is 3.60. The topological polar surface area (TPSA) is 96.7 Å². The molecule has 0 spiro atoms. The Bertz CT molecular complexity index is 635. The number of hydrogen-bond donors (Lipinski definition) is 3. The van der Waals surface area contributed by atoms with Gasteiger partial charge in [0.2, 0.25) is 17.0 Å². The van der Waals surface area contributed by atoms with Crippen molar-refractivity contribution in [3.05, 3.63) is 29.0 Å². The third-order valence-electron chi connectivity index (χ3n) is 2.32. The second-order valence-corrected chi connectivity index (χ2v) is 5.59. The molecule has 9 heteroatoms. The van der Waals surface area contributed by atoms with E-state index in [4.69, 9.17) is 17.3 Å². The van der Waals surface area contributed by atoms with Gasteiger partial charge >= 0.3 is 0 Å². The molecule has 1 atom stereocenters. The SMILES string of the molecule is C[C@@H](Sc1n[nH]c(N)n1)C(=O)Nc1ccc(F)cc1Cl. The van der Waals surface area contributed by atoms with Crippen molar-refractivity contribution in [1.82, 2.24) is 15.2 Å². The maximum Gasteiger partial charge on any atom is 0.237 e. The molecule has 0 fully saturated rings. The summed E-state index contributed by atoms with van der Waals surface area (Å²) in [4.78, 5) is 15.9. The predicted octanol–water partition coefficient (Wildman–Crippen LogP) is 2.30. The molecule has 2 aromatic rings. The lowest BCUT2D eigenvalue weighted by Crippen LogP contribution is -2.22. The molecule has 20 heavy (non-hydrogen) atoms. The molecule has 1 heterocycles. The summed E-state index contributed by atoms with van der Waals surface area (Å²) in [5.41, 5.74) is 5.74. The fraction of sp³-hybridized carbons (Fsp3) is 0.182. The van der Waals surface area contributed by atoms with Gasteiger partial charge in [-0.2, -0.15) is 4.98 Å².